The van der Waals surface area contributed by atoms with Crippen LogP contribution in [0.2, 0.25) is 0 Å². The van der Waals surface area contributed by atoms with Gasteiger partial charge in [0.2, 0.25) is 5.91 Å². The summed E-state index contributed by atoms with van der Waals surface area (Å²) < 4.78 is 5.53. The lowest BCUT2D eigenvalue weighted by Crippen LogP contribution is -2.50. The number of rotatable bonds is 2. The molecule has 1 N–H and O–H groups in total. The van der Waals surface area contributed by atoms with E-state index in [0.717, 1.165) is 32.4 Å². The van der Waals surface area contributed by atoms with Crippen LogP contribution in [0.4, 0.5) is 5.69 Å². The molecular weight excluding hydrogens is 284 g/mol. The van der Waals surface area contributed by atoms with Gasteiger partial charge in [0.15, 0.2) is 6.10 Å². The number of benzene rings is 1. The largest absolute Gasteiger partial charge is 0.508 e. The Labute approximate surface area is 129 Å². The molecule has 2 aliphatic heterocycles. The lowest BCUT2D eigenvalue weighted by molar-refractivity contribution is -0.133. The standard InChI is InChI=1S/C16H20N2O4/c1-11-16(21)18(10-15(20)17-7-3-2-4-8-17)13-9-12(19)5-6-14(13)22-11/h5-6,9,11,19H,2-4,7-8,10H2,1H3. The first kappa shape index (κ1) is 14.7. The number of hydrogen-bond donors (Lipinski definition) is 1. The number of likely N-dealkylation sites (tertiary alicyclic amines) is 1. The van der Waals surface area contributed by atoms with Crippen molar-refractivity contribution in [2.75, 3.05) is 24.5 Å². The van der Waals surface area contributed by atoms with E-state index in [9.17, 15) is 14.7 Å². The minimum atomic E-state index is -0.633. The van der Waals surface area contributed by atoms with Crippen molar-refractivity contribution in [3.63, 3.8) is 0 Å². The van der Waals surface area contributed by atoms with E-state index < -0.39 is 6.10 Å². The van der Waals surface area contributed by atoms with Gasteiger partial charge in [-0.3, -0.25) is 14.5 Å². The Balaban J connectivity index is 1.83. The van der Waals surface area contributed by atoms with Gasteiger partial charge in [-0.1, -0.05) is 0 Å². The van der Waals surface area contributed by atoms with Crippen LogP contribution in [0.25, 0.3) is 0 Å². The van der Waals surface area contributed by atoms with Crippen LogP contribution >= 0.6 is 0 Å². The van der Waals surface area contributed by atoms with Crippen molar-refractivity contribution in [3.05, 3.63) is 18.2 Å². The first-order valence-corrected chi connectivity index (χ1v) is 7.65. The number of carbonyl (C=O) groups is 2. The van der Waals surface area contributed by atoms with Crippen molar-refractivity contribution >= 4 is 17.5 Å². The highest BCUT2D eigenvalue weighted by molar-refractivity contribution is 6.03. The number of aromatic hydroxyl groups is 1. The van der Waals surface area contributed by atoms with Gasteiger partial charge in [0.25, 0.3) is 5.91 Å². The van der Waals surface area contributed by atoms with Crippen LogP contribution in [0, 0.1) is 0 Å². The summed E-state index contributed by atoms with van der Waals surface area (Å²) in [5.41, 5.74) is 0.452. The fraction of sp³-hybridized carbons (Fsp3) is 0.500. The van der Waals surface area contributed by atoms with E-state index in [1.54, 1.807) is 17.9 Å². The van der Waals surface area contributed by atoms with Crippen molar-refractivity contribution in [1.82, 2.24) is 4.90 Å². The highest BCUT2D eigenvalue weighted by Gasteiger charge is 2.34. The molecule has 0 radical (unpaired) electrons. The molecular formula is C16H20N2O4. The summed E-state index contributed by atoms with van der Waals surface area (Å²) in [5.74, 6) is 0.233. The summed E-state index contributed by atoms with van der Waals surface area (Å²) in [5, 5.41) is 9.65. The Hall–Kier alpha value is -2.24. The number of hydrogen-bond acceptors (Lipinski definition) is 4. The molecule has 0 saturated carbocycles. The number of piperidine rings is 1. The molecule has 1 saturated heterocycles. The highest BCUT2D eigenvalue weighted by atomic mass is 16.5. The molecule has 1 aromatic rings. The molecule has 2 heterocycles. The molecule has 22 heavy (non-hydrogen) atoms. The molecule has 1 fully saturated rings. The van der Waals surface area contributed by atoms with Crippen molar-refractivity contribution in [2.24, 2.45) is 0 Å². The molecule has 0 aromatic heterocycles. The summed E-state index contributed by atoms with van der Waals surface area (Å²) in [6, 6.07) is 4.58. The summed E-state index contributed by atoms with van der Waals surface area (Å²) in [6.45, 7) is 3.15. The second kappa shape index (κ2) is 5.87. The zero-order valence-electron chi connectivity index (χ0n) is 12.6. The van der Waals surface area contributed by atoms with Gasteiger partial charge in [0.05, 0.1) is 5.69 Å². The number of carbonyl (C=O) groups excluding carboxylic acids is 2. The van der Waals surface area contributed by atoms with Crippen LogP contribution in [-0.4, -0.2) is 47.6 Å². The van der Waals surface area contributed by atoms with E-state index >= 15 is 0 Å². The van der Waals surface area contributed by atoms with Crippen LogP contribution in [0.15, 0.2) is 18.2 Å². The minimum Gasteiger partial charge on any atom is -0.508 e. The molecule has 1 aromatic carbocycles. The predicted octanol–water partition coefficient (Wildman–Crippen LogP) is 1.52. The first-order chi connectivity index (χ1) is 10.6. The summed E-state index contributed by atoms with van der Waals surface area (Å²) in [4.78, 5) is 28.0. The summed E-state index contributed by atoms with van der Waals surface area (Å²) >= 11 is 0. The van der Waals surface area contributed by atoms with Crippen LogP contribution in [0.5, 0.6) is 11.5 Å². The molecule has 2 amide bonds. The molecule has 6 nitrogen and oxygen atoms in total. The molecule has 1 unspecified atom stereocenters. The van der Waals surface area contributed by atoms with Gasteiger partial charge < -0.3 is 14.7 Å². The third-order valence-corrected chi connectivity index (χ3v) is 4.15. The van der Waals surface area contributed by atoms with E-state index in [1.807, 2.05) is 0 Å². The maximum Gasteiger partial charge on any atom is 0.268 e. The summed E-state index contributed by atoms with van der Waals surface area (Å²) in [6.07, 6.45) is 2.53. The van der Waals surface area contributed by atoms with Crippen molar-refractivity contribution < 1.29 is 19.4 Å². The Morgan fingerprint density at radius 2 is 2.05 bits per heavy atom. The van der Waals surface area contributed by atoms with E-state index in [2.05, 4.69) is 0 Å². The topological polar surface area (TPSA) is 70.1 Å². The highest BCUT2D eigenvalue weighted by Crippen LogP contribution is 2.36. The average molecular weight is 304 g/mol. The number of fused-ring (bicyclic) bond motifs is 1. The fourth-order valence-corrected chi connectivity index (χ4v) is 2.94. The smallest absolute Gasteiger partial charge is 0.268 e. The molecule has 118 valence electrons. The molecule has 0 spiro atoms. The molecule has 1 atom stereocenters. The molecule has 3 rings (SSSR count). The quantitative estimate of drug-likeness (QED) is 0.899. The summed E-state index contributed by atoms with van der Waals surface area (Å²) in [7, 11) is 0. The normalized spacial score (nSPS) is 21.3. The lowest BCUT2D eigenvalue weighted by Gasteiger charge is -2.35. The predicted molar refractivity (Wildman–Crippen MR) is 81.0 cm³/mol. The van der Waals surface area contributed by atoms with Gasteiger partial charge in [0, 0.05) is 19.2 Å². The first-order valence-electron chi connectivity index (χ1n) is 7.65. The third-order valence-electron chi connectivity index (χ3n) is 4.15. The number of nitrogens with zero attached hydrogens (tertiary/aromatic N) is 2. The fourth-order valence-electron chi connectivity index (χ4n) is 2.94. The van der Waals surface area contributed by atoms with Crippen LogP contribution < -0.4 is 9.64 Å². The SMILES string of the molecule is CC1Oc2ccc(O)cc2N(CC(=O)N2CCCCC2)C1=O. The van der Waals surface area contributed by atoms with E-state index in [1.165, 1.54) is 17.0 Å². The Morgan fingerprint density at radius 3 is 2.77 bits per heavy atom. The van der Waals surface area contributed by atoms with E-state index in [4.69, 9.17) is 4.74 Å². The Morgan fingerprint density at radius 1 is 1.32 bits per heavy atom. The van der Waals surface area contributed by atoms with Crippen LogP contribution in [0.1, 0.15) is 26.2 Å². The zero-order valence-corrected chi connectivity index (χ0v) is 12.6. The molecule has 2 aliphatic rings. The number of anilines is 1. The number of phenols is 1. The zero-order chi connectivity index (χ0) is 15.7. The van der Waals surface area contributed by atoms with Crippen LogP contribution in [-0.2, 0) is 9.59 Å². The van der Waals surface area contributed by atoms with E-state index in [0.29, 0.717) is 11.4 Å². The third kappa shape index (κ3) is 2.73. The second-order valence-electron chi connectivity index (χ2n) is 5.78. The number of phenolic OH excluding ortho intramolecular Hbond substituents is 1. The minimum absolute atomic E-state index is 0.0109. The van der Waals surface area contributed by atoms with Gasteiger partial charge in [-0.05, 0) is 38.3 Å². The van der Waals surface area contributed by atoms with Gasteiger partial charge in [-0.25, -0.2) is 0 Å². The van der Waals surface area contributed by atoms with Crippen molar-refractivity contribution in [2.45, 2.75) is 32.3 Å². The van der Waals surface area contributed by atoms with Crippen LogP contribution in [0.3, 0.4) is 0 Å². The average Bonchev–Trinajstić information content (AvgIpc) is 2.53. The molecule has 6 heteroatoms. The molecule has 0 bridgehead atoms. The van der Waals surface area contributed by atoms with Gasteiger partial charge in [0.1, 0.15) is 18.0 Å². The van der Waals surface area contributed by atoms with Gasteiger partial charge in [-0.2, -0.15) is 0 Å². The van der Waals surface area contributed by atoms with E-state index in [-0.39, 0.29) is 24.1 Å². The van der Waals surface area contributed by atoms with Crippen molar-refractivity contribution in [1.29, 1.82) is 0 Å². The Bertz CT molecular complexity index is 596. The number of amides is 2. The second-order valence-corrected chi connectivity index (χ2v) is 5.78. The lowest BCUT2D eigenvalue weighted by atomic mass is 10.1. The maximum atomic E-state index is 12.4. The van der Waals surface area contributed by atoms with Gasteiger partial charge in [-0.15, -0.1) is 0 Å². The molecule has 0 aliphatic carbocycles. The number of ether oxygens (including phenoxy) is 1. The van der Waals surface area contributed by atoms with Gasteiger partial charge >= 0.3 is 0 Å². The Kier molecular flexibility index (Phi) is 3.92. The van der Waals surface area contributed by atoms with Crippen molar-refractivity contribution in [3.8, 4) is 11.5 Å². The maximum absolute atomic E-state index is 12.4. The monoisotopic (exact) mass is 304 g/mol.